The fraction of sp³-hybridized carbons (Fsp3) is 0.833. The van der Waals surface area contributed by atoms with Crippen molar-refractivity contribution in [1.82, 2.24) is 14.8 Å². The Hall–Kier alpha value is -0.490. The number of hydrogen-bond donors (Lipinski definition) is 0. The minimum absolute atomic E-state index is 0.462. The first-order chi connectivity index (χ1) is 11.2. The maximum Gasteiger partial charge on any atom is 0.0798 e. The molecule has 2 atom stereocenters. The number of hydrogen-bond acceptors (Lipinski definition) is 5. The number of rotatable bonds is 6. The molecule has 3 aliphatic rings. The molecule has 1 aromatic heterocycles. The van der Waals surface area contributed by atoms with Gasteiger partial charge in [0.05, 0.1) is 17.8 Å². The third kappa shape index (κ3) is 3.34. The van der Waals surface area contributed by atoms with Crippen LogP contribution in [0.3, 0.4) is 0 Å². The molecule has 2 saturated heterocycles. The van der Waals surface area contributed by atoms with Gasteiger partial charge in [0.2, 0.25) is 0 Å². The van der Waals surface area contributed by atoms with Crippen LogP contribution in [0.15, 0.2) is 5.51 Å². The summed E-state index contributed by atoms with van der Waals surface area (Å²) >= 11 is 1.81. The first kappa shape index (κ1) is 16.0. The first-order valence-electron chi connectivity index (χ1n) is 9.01. The summed E-state index contributed by atoms with van der Waals surface area (Å²) in [4.78, 5) is 11.2. The average Bonchev–Trinajstić information content (AvgIpc) is 2.96. The topological polar surface area (TPSA) is 28.6 Å². The van der Waals surface area contributed by atoms with Gasteiger partial charge in [0.15, 0.2) is 0 Å². The highest BCUT2D eigenvalue weighted by molar-refractivity contribution is 7.09. The van der Waals surface area contributed by atoms with Gasteiger partial charge in [-0.15, -0.1) is 11.3 Å². The van der Waals surface area contributed by atoms with E-state index in [9.17, 15) is 0 Å². The molecule has 2 aliphatic heterocycles. The van der Waals surface area contributed by atoms with E-state index in [-0.39, 0.29) is 0 Å². The van der Waals surface area contributed by atoms with Gasteiger partial charge >= 0.3 is 0 Å². The second-order valence-corrected chi connectivity index (χ2v) is 8.91. The van der Waals surface area contributed by atoms with Gasteiger partial charge in [-0.3, -0.25) is 4.90 Å². The van der Waals surface area contributed by atoms with Crippen LogP contribution >= 0.6 is 11.3 Å². The van der Waals surface area contributed by atoms with E-state index in [4.69, 9.17) is 4.74 Å². The Labute approximate surface area is 143 Å². The van der Waals surface area contributed by atoms with Gasteiger partial charge in [0.1, 0.15) is 0 Å². The van der Waals surface area contributed by atoms with Crippen LogP contribution in [-0.2, 0) is 11.3 Å². The van der Waals surface area contributed by atoms with Crippen LogP contribution in [0.1, 0.15) is 29.8 Å². The van der Waals surface area contributed by atoms with Crippen molar-refractivity contribution in [3.63, 3.8) is 0 Å². The van der Waals surface area contributed by atoms with Crippen LogP contribution in [0.4, 0.5) is 0 Å². The second kappa shape index (κ2) is 6.43. The molecule has 5 heteroatoms. The van der Waals surface area contributed by atoms with Crippen molar-refractivity contribution in [3.8, 4) is 0 Å². The highest BCUT2D eigenvalue weighted by Crippen LogP contribution is 2.45. The number of aromatic nitrogens is 1. The van der Waals surface area contributed by atoms with Gasteiger partial charge in [-0.2, -0.15) is 0 Å². The Balaban J connectivity index is 1.42. The number of likely N-dealkylation sites (tertiary alicyclic amines) is 2. The van der Waals surface area contributed by atoms with Crippen molar-refractivity contribution in [2.24, 2.45) is 17.3 Å². The van der Waals surface area contributed by atoms with Crippen molar-refractivity contribution >= 4 is 11.3 Å². The molecule has 0 aromatic carbocycles. The predicted molar refractivity (Wildman–Crippen MR) is 93.7 cm³/mol. The number of methoxy groups -OCH3 is 1. The van der Waals surface area contributed by atoms with Gasteiger partial charge in [0, 0.05) is 56.0 Å². The van der Waals surface area contributed by atoms with Crippen molar-refractivity contribution in [2.45, 2.75) is 32.7 Å². The lowest BCUT2D eigenvalue weighted by Gasteiger charge is -2.30. The molecule has 1 aromatic rings. The van der Waals surface area contributed by atoms with Crippen LogP contribution in [0.25, 0.3) is 0 Å². The molecule has 3 heterocycles. The van der Waals surface area contributed by atoms with Crippen molar-refractivity contribution < 1.29 is 4.74 Å². The van der Waals surface area contributed by atoms with E-state index in [0.29, 0.717) is 11.3 Å². The monoisotopic (exact) mass is 335 g/mol. The SMILES string of the molecule is COC[C@H]1CN(CC2CC2)C[C@@]12CCN(Cc1scnc1C)C2. The molecule has 0 radical (unpaired) electrons. The van der Waals surface area contributed by atoms with Gasteiger partial charge in [-0.25, -0.2) is 4.98 Å². The van der Waals surface area contributed by atoms with E-state index >= 15 is 0 Å². The minimum Gasteiger partial charge on any atom is -0.384 e. The van der Waals surface area contributed by atoms with E-state index in [0.717, 1.165) is 19.1 Å². The molecule has 128 valence electrons. The summed E-state index contributed by atoms with van der Waals surface area (Å²) in [7, 11) is 1.87. The third-order valence-corrected chi connectivity index (χ3v) is 7.06. The summed E-state index contributed by atoms with van der Waals surface area (Å²) in [5.41, 5.74) is 3.66. The van der Waals surface area contributed by atoms with Crippen LogP contribution in [0.2, 0.25) is 0 Å². The van der Waals surface area contributed by atoms with Gasteiger partial charge < -0.3 is 9.64 Å². The molecule has 1 saturated carbocycles. The molecular formula is C18H29N3OS. The average molecular weight is 336 g/mol. The zero-order valence-electron chi connectivity index (χ0n) is 14.5. The third-order valence-electron chi connectivity index (χ3n) is 6.14. The van der Waals surface area contributed by atoms with E-state index in [1.165, 1.54) is 62.6 Å². The Bertz CT molecular complexity index is 544. The van der Waals surface area contributed by atoms with Crippen molar-refractivity contribution in [1.29, 1.82) is 0 Å². The number of aryl methyl sites for hydroxylation is 1. The highest BCUT2D eigenvalue weighted by atomic mass is 32.1. The maximum atomic E-state index is 5.59. The van der Waals surface area contributed by atoms with Crippen molar-refractivity contribution in [3.05, 3.63) is 16.1 Å². The van der Waals surface area contributed by atoms with Gasteiger partial charge in [-0.05, 0) is 38.6 Å². The zero-order valence-corrected chi connectivity index (χ0v) is 15.3. The Morgan fingerprint density at radius 1 is 1.35 bits per heavy atom. The van der Waals surface area contributed by atoms with E-state index < -0.39 is 0 Å². The largest absolute Gasteiger partial charge is 0.384 e. The molecule has 3 fully saturated rings. The zero-order chi connectivity index (χ0) is 15.9. The number of nitrogens with zero attached hydrogens (tertiary/aromatic N) is 3. The van der Waals surface area contributed by atoms with Gasteiger partial charge in [-0.1, -0.05) is 0 Å². The fourth-order valence-corrected chi connectivity index (χ4v) is 5.46. The molecule has 0 amide bonds. The molecule has 23 heavy (non-hydrogen) atoms. The normalized spacial score (nSPS) is 32.3. The van der Waals surface area contributed by atoms with Crippen LogP contribution in [0, 0.1) is 24.2 Å². The summed E-state index contributed by atoms with van der Waals surface area (Å²) in [6, 6.07) is 0. The maximum absolute atomic E-state index is 5.59. The van der Waals surface area contributed by atoms with Crippen LogP contribution < -0.4 is 0 Å². The summed E-state index contributed by atoms with van der Waals surface area (Å²) in [6.45, 7) is 10.5. The summed E-state index contributed by atoms with van der Waals surface area (Å²) in [6.07, 6.45) is 4.24. The lowest BCUT2D eigenvalue weighted by atomic mass is 9.77. The molecule has 1 spiro atoms. The highest BCUT2D eigenvalue weighted by Gasteiger charge is 2.50. The van der Waals surface area contributed by atoms with Crippen molar-refractivity contribution in [2.75, 3.05) is 46.4 Å². The summed E-state index contributed by atoms with van der Waals surface area (Å²) in [5, 5.41) is 0. The minimum atomic E-state index is 0.462. The lowest BCUT2D eigenvalue weighted by molar-refractivity contribution is 0.0959. The molecule has 1 aliphatic carbocycles. The molecule has 4 nitrogen and oxygen atoms in total. The number of thiazole rings is 1. The fourth-order valence-electron chi connectivity index (χ4n) is 4.64. The molecule has 4 rings (SSSR count). The Morgan fingerprint density at radius 3 is 2.87 bits per heavy atom. The Morgan fingerprint density at radius 2 is 2.17 bits per heavy atom. The van der Waals surface area contributed by atoms with Gasteiger partial charge in [0.25, 0.3) is 0 Å². The lowest BCUT2D eigenvalue weighted by Crippen LogP contribution is -2.36. The predicted octanol–water partition coefficient (Wildman–Crippen LogP) is 2.63. The van der Waals surface area contributed by atoms with E-state index in [1.807, 2.05) is 24.0 Å². The standard InChI is InChI=1S/C18H29N3OS/c1-14-17(23-13-19-14)9-20-6-5-18(11-20)12-21(7-15-3-4-15)8-16(18)10-22-2/h13,15-16H,3-12H2,1-2H3/t16-,18+/m1/s1. The molecule has 0 unspecified atom stereocenters. The van der Waals surface area contributed by atoms with Crippen LogP contribution in [0.5, 0.6) is 0 Å². The van der Waals surface area contributed by atoms with E-state index in [1.54, 1.807) is 0 Å². The smallest absolute Gasteiger partial charge is 0.0798 e. The summed E-state index contributed by atoms with van der Waals surface area (Å²) in [5.74, 6) is 1.70. The second-order valence-electron chi connectivity index (χ2n) is 7.97. The first-order valence-corrected chi connectivity index (χ1v) is 9.89. The number of ether oxygens (including phenoxy) is 1. The molecule has 0 N–H and O–H groups in total. The van der Waals surface area contributed by atoms with E-state index in [2.05, 4.69) is 21.7 Å². The summed E-state index contributed by atoms with van der Waals surface area (Å²) < 4.78 is 5.59. The molecule has 0 bridgehead atoms. The van der Waals surface area contributed by atoms with Crippen LogP contribution in [-0.4, -0.2) is 61.2 Å². The molecular weight excluding hydrogens is 306 g/mol. The Kier molecular flexibility index (Phi) is 4.47. The quantitative estimate of drug-likeness (QED) is 0.799.